The van der Waals surface area contributed by atoms with Gasteiger partial charge < -0.3 is 9.47 Å². The van der Waals surface area contributed by atoms with Crippen LogP contribution in [0, 0.1) is 23.0 Å². The van der Waals surface area contributed by atoms with Gasteiger partial charge in [0.15, 0.2) is 17.0 Å². The van der Waals surface area contributed by atoms with Crippen molar-refractivity contribution in [3.05, 3.63) is 35.4 Å². The van der Waals surface area contributed by atoms with Gasteiger partial charge in [-0.1, -0.05) is 33.8 Å². The van der Waals surface area contributed by atoms with E-state index in [1.165, 1.54) is 6.07 Å². The molecule has 134 valence electrons. The van der Waals surface area contributed by atoms with Crippen LogP contribution in [0.1, 0.15) is 46.1 Å². The van der Waals surface area contributed by atoms with Gasteiger partial charge in [0.2, 0.25) is 0 Å². The van der Waals surface area contributed by atoms with Crippen molar-refractivity contribution in [2.45, 2.75) is 47.1 Å². The van der Waals surface area contributed by atoms with Crippen LogP contribution >= 0.6 is 0 Å². The van der Waals surface area contributed by atoms with Crippen LogP contribution < -0.4 is 0 Å². The Morgan fingerprint density at radius 3 is 2.12 bits per heavy atom. The highest BCUT2D eigenvalue weighted by Crippen LogP contribution is 2.30. The summed E-state index contributed by atoms with van der Waals surface area (Å²) in [5.74, 6) is -3.17. The van der Waals surface area contributed by atoms with Crippen molar-refractivity contribution in [3.8, 4) is 0 Å². The molecule has 0 aliphatic heterocycles. The van der Waals surface area contributed by atoms with E-state index in [0.717, 1.165) is 12.1 Å². The number of hydrogen-bond acceptors (Lipinski definition) is 4. The Labute approximate surface area is 141 Å². The first-order valence-corrected chi connectivity index (χ1v) is 8.05. The predicted molar refractivity (Wildman–Crippen MR) is 85.0 cm³/mol. The molecule has 0 radical (unpaired) electrons. The molecule has 0 aromatic heterocycles. The summed E-state index contributed by atoms with van der Waals surface area (Å²) >= 11 is 0. The maximum absolute atomic E-state index is 13.2. The molecule has 0 saturated heterocycles. The van der Waals surface area contributed by atoms with E-state index in [-0.39, 0.29) is 32.0 Å². The standard InChI is InChI=1S/C18H24F2O4/c1-5-18(6-2,16(21)23-10-12(3)4)17(22)24-11-13-7-8-14(19)15(20)9-13/h7-9,12H,5-6,10-11H2,1-4H3. The molecule has 4 nitrogen and oxygen atoms in total. The van der Waals surface area contributed by atoms with Gasteiger partial charge in [-0.05, 0) is 36.5 Å². The average Bonchev–Trinajstić information content (AvgIpc) is 2.55. The molecular formula is C18H24F2O4. The molecule has 0 saturated carbocycles. The average molecular weight is 342 g/mol. The molecule has 1 rings (SSSR count). The fourth-order valence-electron chi connectivity index (χ4n) is 2.21. The molecule has 0 atom stereocenters. The van der Waals surface area contributed by atoms with Crippen LogP contribution in [0.4, 0.5) is 8.78 Å². The monoisotopic (exact) mass is 342 g/mol. The lowest BCUT2D eigenvalue weighted by molar-refractivity contribution is -0.174. The number of carbonyl (C=O) groups is 2. The molecule has 0 amide bonds. The first kappa shape index (κ1) is 20.1. The maximum atomic E-state index is 13.2. The summed E-state index contributed by atoms with van der Waals surface area (Å²) in [5, 5.41) is 0. The Hall–Kier alpha value is -1.98. The van der Waals surface area contributed by atoms with Crippen molar-refractivity contribution < 1.29 is 27.8 Å². The van der Waals surface area contributed by atoms with Crippen molar-refractivity contribution in [1.82, 2.24) is 0 Å². The molecule has 1 aromatic rings. The smallest absolute Gasteiger partial charge is 0.323 e. The van der Waals surface area contributed by atoms with Gasteiger partial charge in [-0.25, -0.2) is 8.78 Å². The predicted octanol–water partition coefficient (Wildman–Crippen LogP) is 4.01. The minimum absolute atomic E-state index is 0.151. The third-order valence-corrected chi connectivity index (χ3v) is 3.89. The second kappa shape index (κ2) is 8.76. The fraction of sp³-hybridized carbons (Fsp3) is 0.556. The van der Waals surface area contributed by atoms with E-state index in [2.05, 4.69) is 0 Å². The molecule has 0 N–H and O–H groups in total. The molecule has 1 aromatic carbocycles. The van der Waals surface area contributed by atoms with Crippen LogP contribution in [0.2, 0.25) is 0 Å². The second-order valence-corrected chi connectivity index (χ2v) is 6.11. The zero-order valence-corrected chi connectivity index (χ0v) is 14.5. The number of esters is 2. The van der Waals surface area contributed by atoms with Crippen LogP contribution in [-0.2, 0) is 25.7 Å². The van der Waals surface area contributed by atoms with E-state index in [9.17, 15) is 18.4 Å². The fourth-order valence-corrected chi connectivity index (χ4v) is 2.21. The minimum atomic E-state index is -1.38. The van der Waals surface area contributed by atoms with Gasteiger partial charge in [0.05, 0.1) is 6.61 Å². The second-order valence-electron chi connectivity index (χ2n) is 6.11. The lowest BCUT2D eigenvalue weighted by Crippen LogP contribution is -2.41. The van der Waals surface area contributed by atoms with E-state index in [1.54, 1.807) is 13.8 Å². The lowest BCUT2D eigenvalue weighted by atomic mass is 9.82. The van der Waals surface area contributed by atoms with Crippen LogP contribution in [0.25, 0.3) is 0 Å². The molecular weight excluding hydrogens is 318 g/mol. The Balaban J connectivity index is 2.81. The van der Waals surface area contributed by atoms with Gasteiger partial charge in [-0.3, -0.25) is 9.59 Å². The van der Waals surface area contributed by atoms with Crippen molar-refractivity contribution in [2.24, 2.45) is 11.3 Å². The molecule has 24 heavy (non-hydrogen) atoms. The quantitative estimate of drug-likeness (QED) is 0.529. The molecule has 0 bridgehead atoms. The summed E-state index contributed by atoms with van der Waals surface area (Å²) < 4.78 is 36.5. The molecule has 6 heteroatoms. The highest BCUT2D eigenvalue weighted by Gasteiger charge is 2.46. The highest BCUT2D eigenvalue weighted by molar-refractivity contribution is 5.99. The summed E-state index contributed by atoms with van der Waals surface area (Å²) in [6, 6.07) is 3.24. The zero-order chi connectivity index (χ0) is 18.3. The third-order valence-electron chi connectivity index (χ3n) is 3.89. The first-order chi connectivity index (χ1) is 11.3. The minimum Gasteiger partial charge on any atom is -0.465 e. The van der Waals surface area contributed by atoms with E-state index >= 15 is 0 Å². The third kappa shape index (κ3) is 4.76. The van der Waals surface area contributed by atoms with Gasteiger partial charge >= 0.3 is 11.9 Å². The topological polar surface area (TPSA) is 52.6 Å². The normalized spacial score (nSPS) is 11.5. The number of halogens is 2. The van der Waals surface area contributed by atoms with Crippen LogP contribution in [0.5, 0.6) is 0 Å². The lowest BCUT2D eigenvalue weighted by Gasteiger charge is -2.27. The van der Waals surface area contributed by atoms with E-state index in [0.29, 0.717) is 5.56 Å². The van der Waals surface area contributed by atoms with Gasteiger partial charge in [0, 0.05) is 0 Å². The van der Waals surface area contributed by atoms with E-state index < -0.39 is 29.0 Å². The Kier molecular flexibility index (Phi) is 7.32. The van der Waals surface area contributed by atoms with Gasteiger partial charge in [-0.15, -0.1) is 0 Å². The molecule has 0 fully saturated rings. The summed E-state index contributed by atoms with van der Waals surface area (Å²) in [6.07, 6.45) is 0.466. The summed E-state index contributed by atoms with van der Waals surface area (Å²) in [4.78, 5) is 24.8. The Morgan fingerprint density at radius 1 is 1.04 bits per heavy atom. The first-order valence-electron chi connectivity index (χ1n) is 8.05. The van der Waals surface area contributed by atoms with E-state index in [4.69, 9.17) is 9.47 Å². The molecule has 0 aliphatic carbocycles. The Morgan fingerprint density at radius 2 is 1.62 bits per heavy atom. The van der Waals surface area contributed by atoms with Crippen LogP contribution in [-0.4, -0.2) is 18.5 Å². The maximum Gasteiger partial charge on any atom is 0.323 e. The SMILES string of the molecule is CCC(CC)(C(=O)OCc1ccc(F)c(F)c1)C(=O)OCC(C)C. The van der Waals surface area contributed by atoms with Crippen LogP contribution in [0.3, 0.4) is 0 Å². The van der Waals surface area contributed by atoms with Crippen LogP contribution in [0.15, 0.2) is 18.2 Å². The van der Waals surface area contributed by atoms with Crippen molar-refractivity contribution in [3.63, 3.8) is 0 Å². The largest absolute Gasteiger partial charge is 0.465 e. The van der Waals surface area contributed by atoms with Gasteiger partial charge in [0.25, 0.3) is 0 Å². The van der Waals surface area contributed by atoms with Gasteiger partial charge in [0.1, 0.15) is 6.61 Å². The summed E-state index contributed by atoms with van der Waals surface area (Å²) in [5.41, 5.74) is -1.08. The van der Waals surface area contributed by atoms with Gasteiger partial charge in [-0.2, -0.15) is 0 Å². The van der Waals surface area contributed by atoms with Crippen molar-refractivity contribution in [1.29, 1.82) is 0 Å². The highest BCUT2D eigenvalue weighted by atomic mass is 19.2. The number of carbonyl (C=O) groups excluding carboxylic acids is 2. The molecule has 0 heterocycles. The molecule has 0 aliphatic rings. The Bertz CT molecular complexity index is 580. The number of ether oxygens (including phenoxy) is 2. The summed E-state index contributed by atoms with van der Waals surface area (Å²) in [6.45, 7) is 7.19. The number of hydrogen-bond donors (Lipinski definition) is 0. The van der Waals surface area contributed by atoms with E-state index in [1.807, 2.05) is 13.8 Å². The van der Waals surface area contributed by atoms with Crippen molar-refractivity contribution >= 4 is 11.9 Å². The van der Waals surface area contributed by atoms with Crippen molar-refractivity contribution in [2.75, 3.05) is 6.61 Å². The molecule has 0 unspecified atom stereocenters. The zero-order valence-electron chi connectivity index (χ0n) is 14.5. The molecule has 0 spiro atoms. The number of rotatable bonds is 8. The summed E-state index contributed by atoms with van der Waals surface area (Å²) in [7, 11) is 0. The number of benzene rings is 1.